The normalized spacial score (nSPS) is 18.8. The van der Waals surface area contributed by atoms with Crippen molar-refractivity contribution in [2.45, 2.75) is 43.5 Å². The number of aromatic nitrogens is 1. The van der Waals surface area contributed by atoms with Gasteiger partial charge in [-0.2, -0.15) is 4.31 Å². The second-order valence-corrected chi connectivity index (χ2v) is 8.22. The highest BCUT2D eigenvalue weighted by atomic mass is 32.2. The minimum absolute atomic E-state index is 0.0394. The molecule has 0 aliphatic carbocycles. The number of hydrogen-bond acceptors (Lipinski definition) is 6. The van der Waals surface area contributed by atoms with Gasteiger partial charge >= 0.3 is 0 Å². The van der Waals surface area contributed by atoms with Crippen LogP contribution in [-0.4, -0.2) is 29.3 Å². The molecule has 0 unspecified atom stereocenters. The van der Waals surface area contributed by atoms with Crippen LogP contribution in [0.2, 0.25) is 0 Å². The Labute approximate surface area is 145 Å². The molecular weight excluding hydrogens is 346 g/mol. The molecule has 25 heavy (non-hydrogen) atoms. The number of nitro groups is 1. The number of hydrogen-bond donors (Lipinski definition) is 0. The third-order valence-electron chi connectivity index (χ3n) is 4.31. The van der Waals surface area contributed by atoms with E-state index in [-0.39, 0.29) is 22.5 Å². The smallest absolute Gasteiger partial charge is 0.269 e. The minimum atomic E-state index is -3.76. The highest BCUT2D eigenvalue weighted by Gasteiger charge is 2.38. The zero-order chi connectivity index (χ0) is 18.2. The zero-order valence-corrected chi connectivity index (χ0v) is 14.8. The Morgan fingerprint density at radius 3 is 2.56 bits per heavy atom. The van der Waals surface area contributed by atoms with Crippen molar-refractivity contribution in [1.82, 2.24) is 9.46 Å². The fourth-order valence-corrected chi connectivity index (χ4v) is 4.60. The molecule has 2 aromatic rings. The maximum atomic E-state index is 12.9. The van der Waals surface area contributed by atoms with Gasteiger partial charge in [-0.05, 0) is 25.0 Å². The average Bonchev–Trinajstić information content (AvgIpc) is 3.24. The van der Waals surface area contributed by atoms with Gasteiger partial charge < -0.3 is 4.52 Å². The van der Waals surface area contributed by atoms with Crippen molar-refractivity contribution in [3.05, 3.63) is 51.9 Å². The first-order chi connectivity index (χ1) is 11.8. The van der Waals surface area contributed by atoms with Crippen LogP contribution in [0.25, 0.3) is 0 Å². The molecule has 1 aromatic heterocycles. The largest absolute Gasteiger partial charge is 0.361 e. The molecule has 8 nitrogen and oxygen atoms in total. The van der Waals surface area contributed by atoms with Crippen LogP contribution in [0.3, 0.4) is 0 Å². The van der Waals surface area contributed by atoms with Gasteiger partial charge in [0.05, 0.1) is 15.9 Å². The molecule has 0 amide bonds. The van der Waals surface area contributed by atoms with E-state index in [2.05, 4.69) is 5.16 Å². The zero-order valence-electron chi connectivity index (χ0n) is 14.0. The van der Waals surface area contributed by atoms with Gasteiger partial charge in [0.1, 0.15) is 11.5 Å². The molecule has 0 bridgehead atoms. The Kier molecular flexibility index (Phi) is 4.61. The average molecular weight is 365 g/mol. The fourth-order valence-electron chi connectivity index (χ4n) is 2.93. The third-order valence-corrected chi connectivity index (χ3v) is 6.24. The lowest BCUT2D eigenvalue weighted by Gasteiger charge is -2.22. The van der Waals surface area contributed by atoms with E-state index in [0.717, 1.165) is 12.2 Å². The van der Waals surface area contributed by atoms with E-state index in [1.165, 1.54) is 28.6 Å². The van der Waals surface area contributed by atoms with Crippen LogP contribution in [0, 0.1) is 10.1 Å². The Balaban J connectivity index is 1.90. The Bertz CT molecular complexity index is 873. The van der Waals surface area contributed by atoms with Crippen LogP contribution < -0.4 is 0 Å². The minimum Gasteiger partial charge on any atom is -0.361 e. The van der Waals surface area contributed by atoms with Crippen molar-refractivity contribution in [3.8, 4) is 0 Å². The Hall–Kier alpha value is -2.26. The molecule has 1 aromatic carbocycles. The van der Waals surface area contributed by atoms with Crippen LogP contribution in [0.15, 0.2) is 39.8 Å². The van der Waals surface area contributed by atoms with Crippen LogP contribution in [-0.2, 0) is 10.0 Å². The first-order valence-electron chi connectivity index (χ1n) is 8.03. The molecule has 9 heteroatoms. The lowest BCUT2D eigenvalue weighted by atomic mass is 10.1. The summed E-state index contributed by atoms with van der Waals surface area (Å²) in [5, 5.41) is 14.8. The summed E-state index contributed by atoms with van der Waals surface area (Å²) < 4.78 is 32.6. The maximum absolute atomic E-state index is 12.9. The number of sulfonamides is 1. The second kappa shape index (κ2) is 6.57. The molecule has 0 spiro atoms. The number of nitrogens with zero attached hydrogens (tertiary/aromatic N) is 3. The number of non-ortho nitro benzene ring substituents is 1. The number of benzene rings is 1. The second-order valence-electron chi connectivity index (χ2n) is 6.33. The molecule has 1 atom stereocenters. The summed E-state index contributed by atoms with van der Waals surface area (Å²) in [6.45, 7) is 4.34. The lowest BCUT2D eigenvalue weighted by molar-refractivity contribution is -0.384. The molecule has 0 saturated carbocycles. The molecule has 1 saturated heterocycles. The predicted molar refractivity (Wildman–Crippen MR) is 89.6 cm³/mol. The monoisotopic (exact) mass is 365 g/mol. The van der Waals surface area contributed by atoms with Crippen molar-refractivity contribution in [2.24, 2.45) is 0 Å². The van der Waals surface area contributed by atoms with Gasteiger partial charge in [0.25, 0.3) is 5.69 Å². The van der Waals surface area contributed by atoms with Crippen LogP contribution >= 0.6 is 0 Å². The first-order valence-corrected chi connectivity index (χ1v) is 9.47. The molecule has 3 rings (SSSR count). The van der Waals surface area contributed by atoms with E-state index < -0.39 is 14.9 Å². The summed E-state index contributed by atoms with van der Waals surface area (Å²) in [6.07, 6.45) is 1.39. The van der Waals surface area contributed by atoms with E-state index in [9.17, 15) is 18.5 Å². The van der Waals surface area contributed by atoms with Gasteiger partial charge in [-0.15, -0.1) is 0 Å². The van der Waals surface area contributed by atoms with Gasteiger partial charge in [-0.1, -0.05) is 19.0 Å². The van der Waals surface area contributed by atoms with E-state index >= 15 is 0 Å². The topological polar surface area (TPSA) is 107 Å². The van der Waals surface area contributed by atoms with Gasteiger partial charge in [0.15, 0.2) is 0 Å². The fraction of sp³-hybridized carbons (Fsp3) is 0.438. The summed E-state index contributed by atoms with van der Waals surface area (Å²) in [7, 11) is -3.76. The van der Waals surface area contributed by atoms with Gasteiger partial charge in [-0.25, -0.2) is 8.42 Å². The van der Waals surface area contributed by atoms with Crippen molar-refractivity contribution in [1.29, 1.82) is 0 Å². The van der Waals surface area contributed by atoms with Crippen molar-refractivity contribution >= 4 is 15.7 Å². The van der Waals surface area contributed by atoms with E-state index in [4.69, 9.17) is 4.52 Å². The van der Waals surface area contributed by atoms with Crippen molar-refractivity contribution in [3.63, 3.8) is 0 Å². The lowest BCUT2D eigenvalue weighted by Crippen LogP contribution is -2.30. The quantitative estimate of drug-likeness (QED) is 0.595. The molecule has 134 valence electrons. The molecule has 1 aliphatic rings. The van der Waals surface area contributed by atoms with Gasteiger partial charge in [0.2, 0.25) is 10.0 Å². The Morgan fingerprint density at radius 2 is 2.00 bits per heavy atom. The van der Waals surface area contributed by atoms with E-state index in [1.54, 1.807) is 6.07 Å². The predicted octanol–water partition coefficient (Wildman–Crippen LogP) is 3.23. The van der Waals surface area contributed by atoms with Gasteiger partial charge in [0, 0.05) is 30.7 Å². The molecule has 0 N–H and O–H groups in total. The molecule has 1 aliphatic heterocycles. The highest BCUT2D eigenvalue weighted by molar-refractivity contribution is 7.89. The van der Waals surface area contributed by atoms with Gasteiger partial charge in [-0.3, -0.25) is 10.1 Å². The van der Waals surface area contributed by atoms with Crippen molar-refractivity contribution < 1.29 is 17.9 Å². The van der Waals surface area contributed by atoms with Crippen LogP contribution in [0.5, 0.6) is 0 Å². The van der Waals surface area contributed by atoms with Crippen molar-refractivity contribution in [2.75, 3.05) is 6.54 Å². The van der Waals surface area contributed by atoms with E-state index in [1.807, 2.05) is 13.8 Å². The third kappa shape index (κ3) is 3.29. The Morgan fingerprint density at radius 1 is 1.32 bits per heavy atom. The summed E-state index contributed by atoms with van der Waals surface area (Å²) in [4.78, 5) is 10.2. The number of nitro benzene ring substituents is 1. The molecule has 1 fully saturated rings. The highest BCUT2D eigenvalue weighted by Crippen LogP contribution is 2.37. The van der Waals surface area contributed by atoms with Crippen LogP contribution in [0.1, 0.15) is 50.1 Å². The summed E-state index contributed by atoms with van der Waals surface area (Å²) in [6, 6.07) is 6.36. The standard InChI is InChI=1S/C16H19N3O5S/c1-11(2)16-10-14(17-24-16)15-4-3-9-18(15)25(22,23)13-7-5-12(6-8-13)19(20)21/h5-8,10-11,15H,3-4,9H2,1-2H3/t15-/m0/s1. The van der Waals surface area contributed by atoms with E-state index in [0.29, 0.717) is 18.7 Å². The molecule has 2 heterocycles. The molecule has 0 radical (unpaired) electrons. The number of rotatable bonds is 5. The molecular formula is C16H19N3O5S. The SMILES string of the molecule is CC(C)c1cc([C@@H]2CCCN2S(=O)(=O)c2ccc([N+](=O)[O-])cc2)no1. The summed E-state index contributed by atoms with van der Waals surface area (Å²) in [5.74, 6) is 0.886. The first kappa shape index (κ1) is 17.6. The van der Waals surface area contributed by atoms with Crippen LogP contribution in [0.4, 0.5) is 5.69 Å². The summed E-state index contributed by atoms with van der Waals surface area (Å²) in [5.41, 5.74) is 0.460. The summed E-state index contributed by atoms with van der Waals surface area (Å²) >= 11 is 0. The maximum Gasteiger partial charge on any atom is 0.269 e.